The third-order valence-corrected chi connectivity index (χ3v) is 3.99. The van der Waals surface area contributed by atoms with Crippen LogP contribution in [0.3, 0.4) is 0 Å². The Bertz CT molecular complexity index is 775. The van der Waals surface area contributed by atoms with Gasteiger partial charge in [-0.3, -0.25) is 9.59 Å². The van der Waals surface area contributed by atoms with Crippen molar-refractivity contribution in [1.29, 1.82) is 0 Å². The van der Waals surface area contributed by atoms with Gasteiger partial charge in [-0.1, -0.05) is 0 Å². The van der Waals surface area contributed by atoms with Crippen molar-refractivity contribution < 1.29 is 23.5 Å². The number of hydrogen-bond donors (Lipinski definition) is 0. The van der Waals surface area contributed by atoms with Crippen LogP contribution in [0.5, 0.6) is 0 Å². The molecule has 6 nitrogen and oxygen atoms in total. The van der Waals surface area contributed by atoms with Crippen molar-refractivity contribution in [3.63, 3.8) is 0 Å². The van der Waals surface area contributed by atoms with E-state index in [2.05, 4.69) is 0 Å². The average molecular weight is 327 g/mol. The number of nitrogens with zero attached hydrogens (tertiary/aromatic N) is 1. The monoisotopic (exact) mass is 327 g/mol. The molecule has 1 saturated heterocycles. The highest BCUT2D eigenvalue weighted by molar-refractivity contribution is 6.00. The molecule has 2 heterocycles. The molecule has 1 amide bonds. The van der Waals surface area contributed by atoms with Gasteiger partial charge in [-0.15, -0.1) is 0 Å². The van der Waals surface area contributed by atoms with Gasteiger partial charge in [0.15, 0.2) is 12.4 Å². The van der Waals surface area contributed by atoms with Gasteiger partial charge in [-0.25, -0.2) is 4.79 Å². The Hall–Kier alpha value is -2.89. The lowest BCUT2D eigenvalue weighted by atomic mass is 10.1. The molecule has 0 N–H and O–H groups in total. The summed E-state index contributed by atoms with van der Waals surface area (Å²) in [5.74, 6) is -0.344. The molecule has 24 heavy (non-hydrogen) atoms. The minimum Gasteiger partial charge on any atom is -0.469 e. The van der Waals surface area contributed by atoms with Gasteiger partial charge in [0.25, 0.3) is 0 Å². The number of amides is 1. The van der Waals surface area contributed by atoms with Crippen LogP contribution < -0.4 is 4.90 Å². The Kier molecular flexibility index (Phi) is 4.46. The van der Waals surface area contributed by atoms with Crippen LogP contribution in [0.25, 0.3) is 0 Å². The summed E-state index contributed by atoms with van der Waals surface area (Å²) in [6.45, 7) is 2.01. The van der Waals surface area contributed by atoms with E-state index in [1.807, 2.05) is 0 Å². The molecular weight excluding hydrogens is 310 g/mol. The van der Waals surface area contributed by atoms with Crippen molar-refractivity contribution in [2.45, 2.75) is 19.8 Å². The smallest absolute Gasteiger partial charge is 0.342 e. The molecule has 1 fully saturated rings. The number of ketones is 1. The first-order valence-corrected chi connectivity index (χ1v) is 7.71. The van der Waals surface area contributed by atoms with Crippen molar-refractivity contribution in [2.75, 3.05) is 18.1 Å². The highest BCUT2D eigenvalue weighted by atomic mass is 16.5. The number of hydrogen-bond acceptors (Lipinski definition) is 5. The van der Waals surface area contributed by atoms with Crippen LogP contribution in [0, 0.1) is 6.92 Å². The van der Waals surface area contributed by atoms with Crippen LogP contribution in [-0.4, -0.2) is 30.8 Å². The van der Waals surface area contributed by atoms with Crippen molar-refractivity contribution >= 4 is 23.3 Å². The second-order valence-corrected chi connectivity index (χ2v) is 5.59. The third-order valence-electron chi connectivity index (χ3n) is 3.99. The number of rotatable bonds is 5. The first-order chi connectivity index (χ1) is 11.6. The fourth-order valence-electron chi connectivity index (χ4n) is 2.64. The molecule has 0 spiro atoms. The van der Waals surface area contributed by atoms with E-state index in [9.17, 15) is 14.4 Å². The maximum atomic E-state index is 12.1. The van der Waals surface area contributed by atoms with Crippen LogP contribution in [0.2, 0.25) is 0 Å². The molecule has 3 rings (SSSR count). The molecule has 1 aliphatic rings. The van der Waals surface area contributed by atoms with E-state index >= 15 is 0 Å². The lowest BCUT2D eigenvalue weighted by Gasteiger charge is -2.15. The summed E-state index contributed by atoms with van der Waals surface area (Å²) >= 11 is 0. The highest BCUT2D eigenvalue weighted by Gasteiger charge is 2.22. The molecule has 0 atom stereocenters. The van der Waals surface area contributed by atoms with Gasteiger partial charge < -0.3 is 14.1 Å². The third kappa shape index (κ3) is 3.22. The number of furan rings is 1. The minimum absolute atomic E-state index is 0.0958. The predicted octanol–water partition coefficient (Wildman–Crippen LogP) is 2.75. The Balaban J connectivity index is 1.60. The number of Topliss-reactive ketones (excluding diaryl/α,β-unsaturated/α-hetero) is 1. The van der Waals surface area contributed by atoms with Crippen molar-refractivity contribution in [2.24, 2.45) is 0 Å². The zero-order valence-corrected chi connectivity index (χ0v) is 13.3. The molecule has 124 valence electrons. The van der Waals surface area contributed by atoms with Gasteiger partial charge in [0, 0.05) is 24.2 Å². The maximum Gasteiger partial charge on any atom is 0.342 e. The molecule has 0 bridgehead atoms. The summed E-state index contributed by atoms with van der Waals surface area (Å²) < 4.78 is 10.0. The average Bonchev–Trinajstić information content (AvgIpc) is 3.20. The molecular formula is C18H17NO5. The number of benzene rings is 1. The van der Waals surface area contributed by atoms with E-state index in [-0.39, 0.29) is 18.3 Å². The second-order valence-electron chi connectivity index (χ2n) is 5.59. The Labute approximate surface area is 139 Å². The second kappa shape index (κ2) is 6.70. The summed E-state index contributed by atoms with van der Waals surface area (Å²) in [6, 6.07) is 8.25. The summed E-state index contributed by atoms with van der Waals surface area (Å²) in [5.41, 5.74) is 1.52. The standard InChI is InChI=1S/C18H17NO5/c1-12-15(8-10-23-12)18(22)24-11-16(20)13-4-6-14(7-5-13)19-9-2-3-17(19)21/h4-8,10H,2-3,9,11H2,1H3. The van der Waals surface area contributed by atoms with Crippen LogP contribution in [0.1, 0.15) is 39.3 Å². The molecule has 1 aromatic carbocycles. The zero-order chi connectivity index (χ0) is 17.1. The van der Waals surface area contributed by atoms with Gasteiger partial charge in [0.1, 0.15) is 11.3 Å². The van der Waals surface area contributed by atoms with Gasteiger partial charge in [0.2, 0.25) is 5.91 Å². The van der Waals surface area contributed by atoms with E-state index in [1.54, 1.807) is 36.1 Å². The molecule has 0 saturated carbocycles. The number of carbonyl (C=O) groups excluding carboxylic acids is 3. The minimum atomic E-state index is -0.589. The topological polar surface area (TPSA) is 76.8 Å². The summed E-state index contributed by atoms with van der Waals surface area (Å²) in [4.78, 5) is 37.4. The van der Waals surface area contributed by atoms with Crippen LogP contribution in [0.15, 0.2) is 41.0 Å². The summed E-state index contributed by atoms with van der Waals surface area (Å²) in [6.07, 6.45) is 2.80. The summed E-state index contributed by atoms with van der Waals surface area (Å²) in [7, 11) is 0. The Morgan fingerprint density at radius 2 is 1.96 bits per heavy atom. The lowest BCUT2D eigenvalue weighted by molar-refractivity contribution is -0.117. The quantitative estimate of drug-likeness (QED) is 0.623. The Morgan fingerprint density at radius 3 is 2.54 bits per heavy atom. The fraction of sp³-hybridized carbons (Fsp3) is 0.278. The van der Waals surface area contributed by atoms with E-state index in [0.717, 1.165) is 12.1 Å². The van der Waals surface area contributed by atoms with Gasteiger partial charge >= 0.3 is 5.97 Å². The van der Waals surface area contributed by atoms with E-state index < -0.39 is 5.97 Å². The molecule has 1 aromatic heterocycles. The molecule has 0 aliphatic carbocycles. The summed E-state index contributed by atoms with van der Waals surface area (Å²) in [5, 5.41) is 0. The molecule has 0 unspecified atom stereocenters. The first kappa shape index (κ1) is 16.0. The number of aryl methyl sites for hydroxylation is 1. The molecule has 0 radical (unpaired) electrons. The largest absolute Gasteiger partial charge is 0.469 e. The van der Waals surface area contributed by atoms with E-state index in [4.69, 9.17) is 9.15 Å². The zero-order valence-electron chi connectivity index (χ0n) is 13.3. The molecule has 1 aliphatic heterocycles. The van der Waals surface area contributed by atoms with Gasteiger partial charge in [-0.2, -0.15) is 0 Å². The van der Waals surface area contributed by atoms with E-state index in [1.165, 1.54) is 12.3 Å². The van der Waals surface area contributed by atoms with Crippen LogP contribution >= 0.6 is 0 Å². The van der Waals surface area contributed by atoms with Gasteiger partial charge in [0.05, 0.1) is 6.26 Å². The van der Waals surface area contributed by atoms with E-state index in [0.29, 0.717) is 29.9 Å². The number of anilines is 1. The number of esters is 1. The molecule has 6 heteroatoms. The first-order valence-electron chi connectivity index (χ1n) is 7.71. The number of ether oxygens (including phenoxy) is 1. The number of carbonyl (C=O) groups is 3. The van der Waals surface area contributed by atoms with Crippen LogP contribution in [0.4, 0.5) is 5.69 Å². The van der Waals surface area contributed by atoms with Crippen molar-refractivity contribution in [1.82, 2.24) is 0 Å². The van der Waals surface area contributed by atoms with Gasteiger partial charge in [-0.05, 0) is 43.7 Å². The SMILES string of the molecule is Cc1occc1C(=O)OCC(=O)c1ccc(N2CCCC2=O)cc1. The normalized spacial score (nSPS) is 14.0. The lowest BCUT2D eigenvalue weighted by Crippen LogP contribution is -2.23. The highest BCUT2D eigenvalue weighted by Crippen LogP contribution is 2.21. The maximum absolute atomic E-state index is 12.1. The van der Waals surface area contributed by atoms with Crippen molar-refractivity contribution in [3.05, 3.63) is 53.5 Å². The van der Waals surface area contributed by atoms with Crippen LogP contribution in [-0.2, 0) is 9.53 Å². The predicted molar refractivity (Wildman–Crippen MR) is 86.1 cm³/mol. The van der Waals surface area contributed by atoms with Crippen molar-refractivity contribution in [3.8, 4) is 0 Å². The Morgan fingerprint density at radius 1 is 1.21 bits per heavy atom. The molecule has 2 aromatic rings. The fourth-order valence-corrected chi connectivity index (χ4v) is 2.64.